The molecule has 1 amide bonds. The van der Waals surface area contributed by atoms with Gasteiger partial charge in [-0.1, -0.05) is 0 Å². The molecule has 0 bridgehead atoms. The molecular weight excluding hydrogens is 279 g/mol. The van der Waals surface area contributed by atoms with E-state index in [1.54, 1.807) is 17.0 Å². The molecule has 1 aromatic carbocycles. The van der Waals surface area contributed by atoms with Crippen molar-refractivity contribution in [1.29, 1.82) is 0 Å². The van der Waals surface area contributed by atoms with Crippen LogP contribution in [0.15, 0.2) is 23.1 Å². The Morgan fingerprint density at radius 2 is 2.10 bits per heavy atom. The van der Waals surface area contributed by atoms with Crippen molar-refractivity contribution >= 4 is 23.4 Å². The second-order valence-corrected chi connectivity index (χ2v) is 6.05. The Bertz CT molecular complexity index is 488. The van der Waals surface area contributed by atoms with E-state index in [9.17, 15) is 9.18 Å². The van der Waals surface area contributed by atoms with E-state index in [2.05, 4.69) is 0 Å². The molecule has 1 saturated heterocycles. The number of ether oxygens (including phenoxy) is 1. The maximum atomic E-state index is 13.6. The van der Waals surface area contributed by atoms with E-state index in [-0.39, 0.29) is 29.7 Å². The Hall–Kier alpha value is -1.27. The molecular formula is C14H19FN2O2S. The summed E-state index contributed by atoms with van der Waals surface area (Å²) >= 11 is 1.20. The van der Waals surface area contributed by atoms with Crippen LogP contribution in [0.25, 0.3) is 0 Å². The van der Waals surface area contributed by atoms with E-state index >= 15 is 0 Å². The highest BCUT2D eigenvalue weighted by molar-refractivity contribution is 8.00. The van der Waals surface area contributed by atoms with E-state index in [0.29, 0.717) is 23.7 Å². The molecule has 2 atom stereocenters. The van der Waals surface area contributed by atoms with Gasteiger partial charge in [0.15, 0.2) is 0 Å². The first-order valence-corrected chi connectivity index (χ1v) is 7.55. The summed E-state index contributed by atoms with van der Waals surface area (Å²) in [6.07, 6.45) is 0.0851. The lowest BCUT2D eigenvalue weighted by Gasteiger charge is -2.35. The lowest BCUT2D eigenvalue weighted by molar-refractivity contribution is -0.140. The number of hydrogen-bond acceptors (Lipinski definition) is 4. The highest BCUT2D eigenvalue weighted by Gasteiger charge is 2.25. The maximum absolute atomic E-state index is 13.6. The van der Waals surface area contributed by atoms with Crippen molar-refractivity contribution in [2.24, 2.45) is 0 Å². The van der Waals surface area contributed by atoms with Gasteiger partial charge in [-0.05, 0) is 32.0 Å². The minimum Gasteiger partial charge on any atom is -0.399 e. The Balaban J connectivity index is 1.91. The normalized spacial score (nSPS) is 22.9. The lowest BCUT2D eigenvalue weighted by Crippen LogP contribution is -2.48. The zero-order chi connectivity index (χ0) is 14.7. The van der Waals surface area contributed by atoms with Gasteiger partial charge in [0.2, 0.25) is 5.91 Å². The molecule has 1 fully saturated rings. The van der Waals surface area contributed by atoms with Crippen LogP contribution in [0.2, 0.25) is 0 Å². The van der Waals surface area contributed by atoms with E-state index in [4.69, 9.17) is 10.5 Å². The first-order valence-electron chi connectivity index (χ1n) is 6.56. The fraction of sp³-hybridized carbons (Fsp3) is 0.500. The molecule has 1 aliphatic heterocycles. The second-order valence-electron chi connectivity index (χ2n) is 5.03. The predicted molar refractivity (Wildman–Crippen MR) is 78.1 cm³/mol. The van der Waals surface area contributed by atoms with Crippen molar-refractivity contribution in [1.82, 2.24) is 4.90 Å². The third-order valence-corrected chi connectivity index (χ3v) is 4.11. The predicted octanol–water partition coefficient (Wildman–Crippen LogP) is 2.14. The number of halogens is 1. The monoisotopic (exact) mass is 298 g/mol. The van der Waals surface area contributed by atoms with Crippen LogP contribution in [-0.2, 0) is 9.53 Å². The van der Waals surface area contributed by atoms with Crippen molar-refractivity contribution in [3.63, 3.8) is 0 Å². The van der Waals surface area contributed by atoms with Crippen LogP contribution < -0.4 is 5.73 Å². The zero-order valence-corrected chi connectivity index (χ0v) is 12.5. The lowest BCUT2D eigenvalue weighted by atomic mass is 10.2. The second kappa shape index (κ2) is 6.45. The van der Waals surface area contributed by atoms with Gasteiger partial charge in [-0.2, -0.15) is 0 Å². The summed E-state index contributed by atoms with van der Waals surface area (Å²) in [5.74, 6) is -0.153. The van der Waals surface area contributed by atoms with Crippen molar-refractivity contribution in [2.75, 3.05) is 24.6 Å². The number of rotatable bonds is 3. The molecule has 1 aromatic rings. The number of benzene rings is 1. The molecule has 6 heteroatoms. The van der Waals surface area contributed by atoms with Crippen LogP contribution in [0.5, 0.6) is 0 Å². The number of nitrogens with two attached hydrogens (primary N) is 1. The molecule has 0 aliphatic carbocycles. The molecule has 2 rings (SSSR count). The number of anilines is 1. The largest absolute Gasteiger partial charge is 0.399 e. The Morgan fingerprint density at radius 3 is 2.70 bits per heavy atom. The zero-order valence-electron chi connectivity index (χ0n) is 11.6. The number of morpholine rings is 1. The molecule has 2 unspecified atom stereocenters. The molecule has 4 nitrogen and oxygen atoms in total. The molecule has 1 heterocycles. The summed E-state index contributed by atoms with van der Waals surface area (Å²) in [6, 6.07) is 4.51. The Morgan fingerprint density at radius 1 is 1.45 bits per heavy atom. The number of nitrogen functional groups attached to an aromatic ring is 1. The van der Waals surface area contributed by atoms with E-state index in [1.165, 1.54) is 17.8 Å². The number of amides is 1. The average molecular weight is 298 g/mol. The van der Waals surface area contributed by atoms with Gasteiger partial charge in [-0.3, -0.25) is 4.79 Å². The van der Waals surface area contributed by atoms with Gasteiger partial charge in [-0.15, -0.1) is 11.8 Å². The molecule has 20 heavy (non-hydrogen) atoms. The summed E-state index contributed by atoms with van der Waals surface area (Å²) in [5.41, 5.74) is 5.88. The van der Waals surface area contributed by atoms with Crippen molar-refractivity contribution < 1.29 is 13.9 Å². The minimum absolute atomic E-state index is 0.00762. The molecule has 2 N–H and O–H groups in total. The molecule has 0 spiro atoms. The number of thioether (sulfide) groups is 1. The molecule has 1 aliphatic rings. The standard InChI is InChI=1S/C14H19FN2O2S/c1-9-6-17(7-10(2)19-9)14(18)8-20-13-4-3-11(16)5-12(13)15/h3-5,9-10H,6-8,16H2,1-2H3. The summed E-state index contributed by atoms with van der Waals surface area (Å²) in [7, 11) is 0. The summed E-state index contributed by atoms with van der Waals surface area (Å²) in [4.78, 5) is 14.4. The highest BCUT2D eigenvalue weighted by Crippen LogP contribution is 2.24. The van der Waals surface area contributed by atoms with Crippen molar-refractivity contribution in [3.05, 3.63) is 24.0 Å². The number of carbonyl (C=O) groups is 1. The highest BCUT2D eigenvalue weighted by atomic mass is 32.2. The van der Waals surface area contributed by atoms with Crippen LogP contribution in [0.1, 0.15) is 13.8 Å². The molecule has 110 valence electrons. The fourth-order valence-corrected chi connectivity index (χ4v) is 3.07. The number of carbonyl (C=O) groups excluding carboxylic acids is 1. The van der Waals surface area contributed by atoms with Gasteiger partial charge in [0.1, 0.15) is 5.82 Å². The van der Waals surface area contributed by atoms with E-state index < -0.39 is 0 Å². The van der Waals surface area contributed by atoms with Crippen LogP contribution in [0.3, 0.4) is 0 Å². The molecule has 0 saturated carbocycles. The first-order chi connectivity index (χ1) is 9.45. The van der Waals surface area contributed by atoms with Gasteiger partial charge in [0, 0.05) is 23.7 Å². The van der Waals surface area contributed by atoms with E-state index in [1.807, 2.05) is 13.8 Å². The van der Waals surface area contributed by atoms with Gasteiger partial charge in [0.25, 0.3) is 0 Å². The van der Waals surface area contributed by atoms with Crippen LogP contribution in [0.4, 0.5) is 10.1 Å². The van der Waals surface area contributed by atoms with Crippen molar-refractivity contribution in [2.45, 2.75) is 31.0 Å². The third kappa shape index (κ3) is 3.86. The smallest absolute Gasteiger partial charge is 0.233 e. The van der Waals surface area contributed by atoms with Gasteiger partial charge in [-0.25, -0.2) is 4.39 Å². The van der Waals surface area contributed by atoms with Gasteiger partial charge < -0.3 is 15.4 Å². The van der Waals surface area contributed by atoms with Crippen LogP contribution in [-0.4, -0.2) is 41.9 Å². The molecule has 0 radical (unpaired) electrons. The fourth-order valence-electron chi connectivity index (χ4n) is 2.25. The Kier molecular flexibility index (Phi) is 4.88. The average Bonchev–Trinajstić information content (AvgIpc) is 2.36. The van der Waals surface area contributed by atoms with Crippen LogP contribution >= 0.6 is 11.8 Å². The number of nitrogens with zero attached hydrogens (tertiary/aromatic N) is 1. The summed E-state index contributed by atoms with van der Waals surface area (Å²) < 4.78 is 19.2. The van der Waals surface area contributed by atoms with E-state index in [0.717, 1.165) is 0 Å². The van der Waals surface area contributed by atoms with Gasteiger partial charge in [0.05, 0.1) is 18.0 Å². The topological polar surface area (TPSA) is 55.6 Å². The van der Waals surface area contributed by atoms with Crippen LogP contribution in [0, 0.1) is 5.82 Å². The third-order valence-electron chi connectivity index (χ3n) is 3.08. The summed E-state index contributed by atoms with van der Waals surface area (Å²) in [5, 5.41) is 0. The minimum atomic E-state index is -0.383. The Labute approximate surface area is 122 Å². The quantitative estimate of drug-likeness (QED) is 0.686. The first kappa shape index (κ1) is 15.1. The maximum Gasteiger partial charge on any atom is 0.233 e. The summed E-state index contributed by atoms with van der Waals surface area (Å²) in [6.45, 7) is 5.08. The number of hydrogen-bond donors (Lipinski definition) is 1. The SMILES string of the molecule is CC1CN(C(=O)CSc2ccc(N)cc2F)CC(C)O1. The molecule has 0 aromatic heterocycles. The van der Waals surface area contributed by atoms with Crippen molar-refractivity contribution in [3.8, 4) is 0 Å². The van der Waals surface area contributed by atoms with Gasteiger partial charge >= 0.3 is 0 Å².